The molecule has 1 atom stereocenters. The van der Waals surface area contributed by atoms with Gasteiger partial charge in [-0.15, -0.1) is 0 Å². The van der Waals surface area contributed by atoms with E-state index in [4.69, 9.17) is 0 Å². The van der Waals surface area contributed by atoms with Crippen molar-refractivity contribution in [2.75, 3.05) is 0 Å². The SMILES string of the molecule is C/C=C\c1ccccc1C1(c2ccccc2)C(C)=C1c1ccccc1. The lowest BCUT2D eigenvalue weighted by Gasteiger charge is -2.24. The van der Waals surface area contributed by atoms with E-state index in [0.717, 1.165) is 0 Å². The molecule has 0 fully saturated rings. The van der Waals surface area contributed by atoms with E-state index in [1.807, 2.05) is 0 Å². The lowest BCUT2D eigenvalue weighted by molar-refractivity contribution is 0.900. The molecule has 1 aliphatic rings. The van der Waals surface area contributed by atoms with Gasteiger partial charge in [-0.3, -0.25) is 0 Å². The first-order valence-electron chi connectivity index (χ1n) is 8.85. The van der Waals surface area contributed by atoms with E-state index < -0.39 is 0 Å². The van der Waals surface area contributed by atoms with E-state index in [9.17, 15) is 0 Å². The van der Waals surface area contributed by atoms with E-state index in [2.05, 4.69) is 111 Å². The van der Waals surface area contributed by atoms with E-state index in [-0.39, 0.29) is 5.41 Å². The molecular formula is C25H22. The van der Waals surface area contributed by atoms with Crippen LogP contribution in [-0.4, -0.2) is 0 Å². The standard InChI is InChI=1S/C25H22/c1-3-12-20-13-10-11-18-23(20)25(22-16-8-5-9-17-22)19(2)24(25)21-14-6-4-7-15-21/h3-18H,1-2H3/b12-3-. The fourth-order valence-electron chi connectivity index (χ4n) is 4.15. The van der Waals surface area contributed by atoms with Crippen LogP contribution in [0.25, 0.3) is 11.6 Å². The molecule has 3 aromatic rings. The van der Waals surface area contributed by atoms with Gasteiger partial charge in [0, 0.05) is 0 Å². The Bertz CT molecular complexity index is 946. The van der Waals surface area contributed by atoms with Gasteiger partial charge in [0.1, 0.15) is 0 Å². The Kier molecular flexibility index (Phi) is 3.89. The Morgan fingerprint density at radius 1 is 0.720 bits per heavy atom. The van der Waals surface area contributed by atoms with Crippen molar-refractivity contribution in [2.24, 2.45) is 0 Å². The molecule has 3 aromatic carbocycles. The van der Waals surface area contributed by atoms with Gasteiger partial charge in [0.25, 0.3) is 0 Å². The van der Waals surface area contributed by atoms with Gasteiger partial charge in [-0.1, -0.05) is 97.1 Å². The van der Waals surface area contributed by atoms with Crippen molar-refractivity contribution in [1.82, 2.24) is 0 Å². The predicted molar refractivity (Wildman–Crippen MR) is 107 cm³/mol. The molecule has 1 unspecified atom stereocenters. The fraction of sp³-hybridized carbons (Fsp3) is 0.120. The topological polar surface area (TPSA) is 0 Å². The highest BCUT2D eigenvalue weighted by molar-refractivity contribution is 6.00. The molecule has 0 aromatic heterocycles. The molecule has 0 aliphatic heterocycles. The minimum Gasteiger partial charge on any atom is -0.0871 e. The Balaban J connectivity index is 1.96. The fourth-order valence-corrected chi connectivity index (χ4v) is 4.15. The van der Waals surface area contributed by atoms with Gasteiger partial charge >= 0.3 is 0 Å². The minimum atomic E-state index is -0.112. The second-order valence-corrected chi connectivity index (χ2v) is 6.57. The maximum Gasteiger partial charge on any atom is 0.0676 e. The molecule has 0 saturated carbocycles. The van der Waals surface area contributed by atoms with Crippen LogP contribution in [0.15, 0.2) is 96.6 Å². The average molecular weight is 322 g/mol. The zero-order valence-electron chi connectivity index (χ0n) is 14.7. The molecule has 0 saturated heterocycles. The summed E-state index contributed by atoms with van der Waals surface area (Å²) in [6, 6.07) is 30.4. The number of benzene rings is 3. The van der Waals surface area contributed by atoms with Gasteiger partial charge in [-0.2, -0.15) is 0 Å². The Hall–Kier alpha value is -2.86. The van der Waals surface area contributed by atoms with Crippen molar-refractivity contribution in [1.29, 1.82) is 0 Å². The zero-order chi connectivity index (χ0) is 17.3. The number of hydrogen-bond acceptors (Lipinski definition) is 0. The van der Waals surface area contributed by atoms with Crippen molar-refractivity contribution in [3.8, 4) is 0 Å². The molecule has 0 spiro atoms. The van der Waals surface area contributed by atoms with Crippen molar-refractivity contribution in [2.45, 2.75) is 19.3 Å². The van der Waals surface area contributed by atoms with Crippen molar-refractivity contribution in [3.05, 3.63) is 119 Å². The molecule has 0 bridgehead atoms. The summed E-state index contributed by atoms with van der Waals surface area (Å²) in [4.78, 5) is 0. The second-order valence-electron chi connectivity index (χ2n) is 6.57. The third-order valence-corrected chi connectivity index (χ3v) is 5.23. The van der Waals surface area contributed by atoms with Crippen LogP contribution in [0.4, 0.5) is 0 Å². The molecule has 0 heterocycles. The molecule has 0 amide bonds. The van der Waals surface area contributed by atoms with Crippen LogP contribution in [-0.2, 0) is 5.41 Å². The summed E-state index contributed by atoms with van der Waals surface area (Å²) in [5.74, 6) is 0. The van der Waals surface area contributed by atoms with Crippen molar-refractivity contribution in [3.63, 3.8) is 0 Å². The van der Waals surface area contributed by atoms with Crippen LogP contribution in [0.2, 0.25) is 0 Å². The van der Waals surface area contributed by atoms with Gasteiger partial charge in [0.15, 0.2) is 0 Å². The minimum absolute atomic E-state index is 0.112. The third kappa shape index (κ3) is 2.37. The quantitative estimate of drug-likeness (QED) is 0.515. The predicted octanol–water partition coefficient (Wildman–Crippen LogP) is 6.49. The van der Waals surface area contributed by atoms with Crippen molar-refractivity contribution >= 4 is 11.6 Å². The van der Waals surface area contributed by atoms with Gasteiger partial charge in [0.05, 0.1) is 5.41 Å². The zero-order valence-corrected chi connectivity index (χ0v) is 14.7. The Morgan fingerprint density at radius 3 is 2.00 bits per heavy atom. The van der Waals surface area contributed by atoms with E-state index in [1.165, 1.54) is 33.4 Å². The first-order valence-corrected chi connectivity index (χ1v) is 8.85. The van der Waals surface area contributed by atoms with Gasteiger partial charge < -0.3 is 0 Å². The Morgan fingerprint density at radius 2 is 1.32 bits per heavy atom. The lowest BCUT2D eigenvalue weighted by Crippen LogP contribution is -2.16. The highest BCUT2D eigenvalue weighted by Crippen LogP contribution is 2.63. The third-order valence-electron chi connectivity index (χ3n) is 5.23. The summed E-state index contributed by atoms with van der Waals surface area (Å²) < 4.78 is 0. The Labute approximate surface area is 150 Å². The van der Waals surface area contributed by atoms with Crippen LogP contribution in [0, 0.1) is 0 Å². The molecule has 122 valence electrons. The number of hydrogen-bond donors (Lipinski definition) is 0. The van der Waals surface area contributed by atoms with Crippen LogP contribution >= 0.6 is 0 Å². The maximum atomic E-state index is 2.28. The second kappa shape index (κ2) is 6.22. The molecule has 1 aliphatic carbocycles. The van der Waals surface area contributed by atoms with Crippen molar-refractivity contribution < 1.29 is 0 Å². The molecule has 0 radical (unpaired) electrons. The smallest absolute Gasteiger partial charge is 0.0676 e. The number of allylic oxidation sites excluding steroid dienone is 3. The van der Waals surface area contributed by atoms with Crippen LogP contribution in [0.1, 0.15) is 36.1 Å². The summed E-state index contributed by atoms with van der Waals surface area (Å²) in [6.07, 6.45) is 4.34. The molecule has 0 N–H and O–H groups in total. The summed E-state index contributed by atoms with van der Waals surface area (Å²) >= 11 is 0. The van der Waals surface area contributed by atoms with Gasteiger partial charge in [-0.05, 0) is 47.2 Å². The molecule has 4 rings (SSSR count). The number of rotatable bonds is 4. The van der Waals surface area contributed by atoms with Crippen LogP contribution < -0.4 is 0 Å². The largest absolute Gasteiger partial charge is 0.0871 e. The average Bonchev–Trinajstić information content (AvgIpc) is 3.30. The highest BCUT2D eigenvalue weighted by atomic mass is 14.5. The maximum absolute atomic E-state index is 2.28. The summed E-state index contributed by atoms with van der Waals surface area (Å²) in [5.41, 5.74) is 8.11. The molecule has 0 nitrogen and oxygen atoms in total. The monoisotopic (exact) mass is 322 g/mol. The molecule has 25 heavy (non-hydrogen) atoms. The first kappa shape index (κ1) is 15.7. The lowest BCUT2D eigenvalue weighted by atomic mass is 9.78. The normalized spacial score (nSPS) is 19.4. The summed E-state index contributed by atoms with van der Waals surface area (Å²) in [7, 11) is 0. The summed E-state index contributed by atoms with van der Waals surface area (Å²) in [5, 5.41) is 0. The molecule has 0 heteroatoms. The first-order chi connectivity index (χ1) is 12.3. The van der Waals surface area contributed by atoms with Gasteiger partial charge in [-0.25, -0.2) is 0 Å². The van der Waals surface area contributed by atoms with E-state index in [0.29, 0.717) is 0 Å². The summed E-state index contributed by atoms with van der Waals surface area (Å²) in [6.45, 7) is 4.36. The van der Waals surface area contributed by atoms with Crippen LogP contribution in [0.3, 0.4) is 0 Å². The van der Waals surface area contributed by atoms with Crippen LogP contribution in [0.5, 0.6) is 0 Å². The molecular weight excluding hydrogens is 300 g/mol. The van der Waals surface area contributed by atoms with Gasteiger partial charge in [0.2, 0.25) is 0 Å². The highest BCUT2D eigenvalue weighted by Gasteiger charge is 2.54. The van der Waals surface area contributed by atoms with E-state index >= 15 is 0 Å². The van der Waals surface area contributed by atoms with E-state index in [1.54, 1.807) is 0 Å².